The van der Waals surface area contributed by atoms with Crippen LogP contribution in [0.15, 0.2) is 0 Å². The van der Waals surface area contributed by atoms with E-state index in [9.17, 15) is 0 Å². The summed E-state index contributed by atoms with van der Waals surface area (Å²) in [4.78, 5) is 5.11. The highest BCUT2D eigenvalue weighted by Gasteiger charge is 2.38. The first-order valence-electron chi connectivity index (χ1n) is 7.13. The van der Waals surface area contributed by atoms with Crippen LogP contribution in [-0.2, 0) is 0 Å². The monoisotopic (exact) mass is 273 g/mol. The van der Waals surface area contributed by atoms with Gasteiger partial charge in [0.2, 0.25) is 0 Å². The molecule has 1 aliphatic rings. The highest BCUT2D eigenvalue weighted by Crippen LogP contribution is 2.30. The van der Waals surface area contributed by atoms with Gasteiger partial charge in [-0.25, -0.2) is 0 Å². The first-order chi connectivity index (χ1) is 8.46. The third-order valence-electron chi connectivity index (χ3n) is 4.66. The number of hydrogen-bond acceptors (Lipinski definition) is 4. The van der Waals surface area contributed by atoms with Crippen LogP contribution in [-0.4, -0.2) is 66.1 Å². The predicted octanol–water partition coefficient (Wildman–Crippen LogP) is 1.87. The molecule has 1 aliphatic heterocycles. The minimum atomic E-state index is 0.223. The molecule has 1 atom stereocenters. The third-order valence-corrected chi connectivity index (χ3v) is 5.47. The van der Waals surface area contributed by atoms with E-state index >= 15 is 0 Å². The molecule has 0 bridgehead atoms. The maximum absolute atomic E-state index is 6.13. The van der Waals surface area contributed by atoms with Crippen molar-refractivity contribution >= 4 is 11.8 Å². The minimum Gasteiger partial charge on any atom is -0.329 e. The van der Waals surface area contributed by atoms with Crippen LogP contribution in [0, 0.1) is 0 Å². The molecule has 0 saturated carbocycles. The fraction of sp³-hybridized carbons (Fsp3) is 1.00. The van der Waals surface area contributed by atoms with Crippen LogP contribution >= 0.6 is 11.8 Å². The van der Waals surface area contributed by atoms with Crippen LogP contribution in [0.5, 0.6) is 0 Å². The van der Waals surface area contributed by atoms with E-state index in [1.54, 1.807) is 0 Å². The summed E-state index contributed by atoms with van der Waals surface area (Å²) < 4.78 is 0. The van der Waals surface area contributed by atoms with Crippen LogP contribution < -0.4 is 5.73 Å². The highest BCUT2D eigenvalue weighted by atomic mass is 32.2. The summed E-state index contributed by atoms with van der Waals surface area (Å²) in [5, 5.41) is 0. The lowest BCUT2D eigenvalue weighted by Crippen LogP contribution is -2.61. The van der Waals surface area contributed by atoms with Gasteiger partial charge in [0.25, 0.3) is 0 Å². The molecule has 108 valence electrons. The zero-order valence-electron chi connectivity index (χ0n) is 12.8. The van der Waals surface area contributed by atoms with E-state index in [1.807, 2.05) is 11.8 Å². The van der Waals surface area contributed by atoms with Crippen LogP contribution in [0.3, 0.4) is 0 Å². The van der Waals surface area contributed by atoms with E-state index in [4.69, 9.17) is 5.73 Å². The van der Waals surface area contributed by atoms with Crippen molar-refractivity contribution in [3.8, 4) is 0 Å². The van der Waals surface area contributed by atoms with Crippen LogP contribution in [0.1, 0.15) is 33.6 Å². The molecule has 4 heteroatoms. The Bertz CT molecular complexity index is 237. The highest BCUT2D eigenvalue weighted by molar-refractivity contribution is 7.98. The summed E-state index contributed by atoms with van der Waals surface area (Å²) >= 11 is 1.92. The molecule has 3 nitrogen and oxygen atoms in total. The van der Waals surface area contributed by atoms with Crippen molar-refractivity contribution in [3.05, 3.63) is 0 Å². The summed E-state index contributed by atoms with van der Waals surface area (Å²) in [5.41, 5.74) is 6.35. The SMILES string of the molecule is CSCC(C)N(C)C1(CN)CCN(C(C)C)CC1. The molecule has 1 saturated heterocycles. The second-order valence-corrected chi connectivity index (χ2v) is 6.88. The number of likely N-dealkylation sites (tertiary alicyclic amines) is 1. The smallest absolute Gasteiger partial charge is 0.0356 e. The fourth-order valence-electron chi connectivity index (χ4n) is 2.98. The second kappa shape index (κ2) is 7.13. The molecule has 0 aromatic heterocycles. The van der Waals surface area contributed by atoms with Gasteiger partial charge in [0.15, 0.2) is 0 Å². The molecule has 2 N–H and O–H groups in total. The van der Waals surface area contributed by atoms with E-state index in [0.717, 1.165) is 6.54 Å². The lowest BCUT2D eigenvalue weighted by Gasteiger charge is -2.50. The number of likely N-dealkylation sites (N-methyl/N-ethyl adjacent to an activating group) is 1. The Labute approximate surface area is 117 Å². The van der Waals surface area contributed by atoms with Crippen LogP contribution in [0.4, 0.5) is 0 Å². The topological polar surface area (TPSA) is 32.5 Å². The van der Waals surface area contributed by atoms with Crippen molar-refractivity contribution in [1.29, 1.82) is 0 Å². The molecule has 0 spiro atoms. The Morgan fingerprint density at radius 1 is 1.28 bits per heavy atom. The number of thioether (sulfide) groups is 1. The maximum atomic E-state index is 6.13. The quantitative estimate of drug-likeness (QED) is 0.801. The van der Waals surface area contributed by atoms with Gasteiger partial charge in [0.1, 0.15) is 0 Å². The van der Waals surface area contributed by atoms with Gasteiger partial charge in [-0.3, -0.25) is 4.90 Å². The Hall–Kier alpha value is 0.230. The van der Waals surface area contributed by atoms with Crippen molar-refractivity contribution < 1.29 is 0 Å². The minimum absolute atomic E-state index is 0.223. The Morgan fingerprint density at radius 2 is 1.83 bits per heavy atom. The van der Waals surface area contributed by atoms with E-state index in [1.165, 1.54) is 31.7 Å². The van der Waals surface area contributed by atoms with E-state index < -0.39 is 0 Å². The summed E-state index contributed by atoms with van der Waals surface area (Å²) in [6.45, 7) is 10.1. The summed E-state index contributed by atoms with van der Waals surface area (Å²) in [6, 6.07) is 1.27. The van der Waals surface area contributed by atoms with Gasteiger partial charge < -0.3 is 10.6 Å². The largest absolute Gasteiger partial charge is 0.329 e. The van der Waals surface area contributed by atoms with Crippen molar-refractivity contribution in [3.63, 3.8) is 0 Å². The van der Waals surface area contributed by atoms with E-state index in [0.29, 0.717) is 12.1 Å². The lowest BCUT2D eigenvalue weighted by molar-refractivity contribution is 0.0181. The van der Waals surface area contributed by atoms with E-state index in [-0.39, 0.29) is 5.54 Å². The van der Waals surface area contributed by atoms with Gasteiger partial charge in [-0.05, 0) is 46.9 Å². The maximum Gasteiger partial charge on any atom is 0.0356 e. The van der Waals surface area contributed by atoms with Crippen molar-refractivity contribution in [1.82, 2.24) is 9.80 Å². The van der Waals surface area contributed by atoms with Crippen molar-refractivity contribution in [2.24, 2.45) is 5.73 Å². The Morgan fingerprint density at radius 3 is 2.22 bits per heavy atom. The van der Waals surface area contributed by atoms with Gasteiger partial charge >= 0.3 is 0 Å². The first kappa shape index (κ1) is 16.3. The number of hydrogen-bond donors (Lipinski definition) is 1. The second-order valence-electron chi connectivity index (χ2n) is 5.97. The summed E-state index contributed by atoms with van der Waals surface area (Å²) in [5.74, 6) is 1.19. The number of nitrogens with zero attached hydrogens (tertiary/aromatic N) is 2. The van der Waals surface area contributed by atoms with Gasteiger partial charge in [0, 0.05) is 43.0 Å². The van der Waals surface area contributed by atoms with Crippen LogP contribution in [0.25, 0.3) is 0 Å². The van der Waals surface area contributed by atoms with Gasteiger partial charge in [-0.15, -0.1) is 0 Å². The number of piperidine rings is 1. The zero-order chi connectivity index (χ0) is 13.8. The number of rotatable bonds is 6. The van der Waals surface area contributed by atoms with Crippen molar-refractivity contribution in [2.45, 2.75) is 51.2 Å². The average Bonchev–Trinajstić information content (AvgIpc) is 2.38. The molecule has 1 fully saturated rings. The molecule has 1 unspecified atom stereocenters. The van der Waals surface area contributed by atoms with Crippen molar-refractivity contribution in [2.75, 3.05) is 38.7 Å². The predicted molar refractivity (Wildman–Crippen MR) is 83.3 cm³/mol. The summed E-state index contributed by atoms with van der Waals surface area (Å²) in [7, 11) is 2.26. The molecule has 0 aromatic carbocycles. The Balaban J connectivity index is 2.65. The molecule has 1 rings (SSSR count). The molecule has 0 aromatic rings. The van der Waals surface area contributed by atoms with Gasteiger partial charge in [-0.1, -0.05) is 0 Å². The summed E-state index contributed by atoms with van der Waals surface area (Å²) in [6.07, 6.45) is 4.59. The first-order valence-corrected chi connectivity index (χ1v) is 8.52. The molecule has 0 radical (unpaired) electrons. The molecule has 1 heterocycles. The normalized spacial score (nSPS) is 22.7. The van der Waals surface area contributed by atoms with E-state index in [2.05, 4.69) is 43.9 Å². The standard InChI is InChI=1S/C14H31N3S/c1-12(2)17-8-6-14(11-15,7-9-17)16(4)13(3)10-18-5/h12-13H,6-11,15H2,1-5H3. The van der Waals surface area contributed by atoms with Gasteiger partial charge in [0.05, 0.1) is 0 Å². The van der Waals surface area contributed by atoms with Gasteiger partial charge in [-0.2, -0.15) is 11.8 Å². The Kier molecular flexibility index (Phi) is 6.45. The average molecular weight is 273 g/mol. The molecular weight excluding hydrogens is 242 g/mol. The molecule has 0 amide bonds. The molecule has 0 aliphatic carbocycles. The molecule has 18 heavy (non-hydrogen) atoms. The third kappa shape index (κ3) is 3.62. The lowest BCUT2D eigenvalue weighted by atomic mass is 9.84. The number of nitrogens with two attached hydrogens (primary N) is 1. The zero-order valence-corrected chi connectivity index (χ0v) is 13.6. The fourth-order valence-corrected chi connectivity index (χ4v) is 3.68. The molecular formula is C14H31N3S. The van der Waals surface area contributed by atoms with Crippen LogP contribution in [0.2, 0.25) is 0 Å².